The summed E-state index contributed by atoms with van der Waals surface area (Å²) in [5.41, 5.74) is 2.88. The van der Waals surface area contributed by atoms with E-state index in [-0.39, 0.29) is 12.8 Å². The summed E-state index contributed by atoms with van der Waals surface area (Å²) in [5.74, 6) is 1.54. The van der Waals surface area contributed by atoms with E-state index in [9.17, 15) is 0 Å². The molecular formula is C15H12BrN3O2. The van der Waals surface area contributed by atoms with Crippen LogP contribution in [0.2, 0.25) is 0 Å². The molecule has 1 aromatic heterocycles. The first-order chi connectivity index (χ1) is 10.3. The van der Waals surface area contributed by atoms with E-state index in [4.69, 9.17) is 9.47 Å². The second kappa shape index (κ2) is 5.04. The molecule has 0 radical (unpaired) electrons. The maximum Gasteiger partial charge on any atom is 0.231 e. The number of hydrogen-bond acceptors (Lipinski definition) is 4. The zero-order chi connectivity index (χ0) is 14.2. The summed E-state index contributed by atoms with van der Waals surface area (Å²) < 4.78 is 11.6. The van der Waals surface area contributed by atoms with Gasteiger partial charge in [-0.1, -0.05) is 6.08 Å². The van der Waals surface area contributed by atoms with Crippen LogP contribution in [-0.2, 0) is 0 Å². The molecule has 106 valence electrons. The van der Waals surface area contributed by atoms with Crippen molar-refractivity contribution in [3.63, 3.8) is 0 Å². The molecule has 1 atom stereocenters. The van der Waals surface area contributed by atoms with E-state index < -0.39 is 0 Å². The summed E-state index contributed by atoms with van der Waals surface area (Å²) in [4.78, 5) is 4.55. The zero-order valence-electron chi connectivity index (χ0n) is 11.0. The van der Waals surface area contributed by atoms with Gasteiger partial charge in [0.15, 0.2) is 11.5 Å². The molecule has 2 aromatic rings. The van der Waals surface area contributed by atoms with Gasteiger partial charge in [-0.05, 0) is 52.7 Å². The van der Waals surface area contributed by atoms with Crippen LogP contribution in [0, 0.1) is 0 Å². The highest BCUT2D eigenvalue weighted by atomic mass is 79.9. The number of hydrogen-bond donors (Lipinski definition) is 1. The Balaban J connectivity index is 1.64. The Morgan fingerprint density at radius 2 is 2.10 bits per heavy atom. The van der Waals surface area contributed by atoms with Crippen LogP contribution < -0.4 is 9.47 Å². The maximum atomic E-state index is 5.40. The Morgan fingerprint density at radius 3 is 3.00 bits per heavy atom. The molecule has 0 fully saturated rings. The molecule has 5 nitrogen and oxygen atoms in total. The number of fused-ring (bicyclic) bond motifs is 1. The molecule has 0 saturated carbocycles. The Hall–Kier alpha value is -2.08. The third-order valence-corrected chi connectivity index (χ3v) is 3.99. The Bertz CT molecular complexity index is 751. The lowest BCUT2D eigenvalue weighted by Gasteiger charge is -2.11. The number of aliphatic imine (C=N–C) groups is 1. The highest BCUT2D eigenvalue weighted by Gasteiger charge is 2.18. The number of nitrogens with zero attached hydrogens (tertiary/aromatic N) is 2. The molecular weight excluding hydrogens is 334 g/mol. The SMILES string of the molecule is BrC1=NC(c2cc(-c3ccc4c(c3)OCO4)n[nH]2)CC=C1. The van der Waals surface area contributed by atoms with Crippen LogP contribution in [-0.4, -0.2) is 21.6 Å². The van der Waals surface area contributed by atoms with Gasteiger partial charge in [-0.3, -0.25) is 10.1 Å². The van der Waals surface area contributed by atoms with E-state index in [1.165, 1.54) is 0 Å². The lowest BCUT2D eigenvalue weighted by atomic mass is 10.1. The van der Waals surface area contributed by atoms with E-state index in [1.807, 2.05) is 30.3 Å². The molecule has 21 heavy (non-hydrogen) atoms. The van der Waals surface area contributed by atoms with Gasteiger partial charge in [0.25, 0.3) is 0 Å². The van der Waals surface area contributed by atoms with E-state index in [1.54, 1.807) is 0 Å². The minimum Gasteiger partial charge on any atom is -0.454 e. The highest BCUT2D eigenvalue weighted by Crippen LogP contribution is 2.36. The van der Waals surface area contributed by atoms with E-state index >= 15 is 0 Å². The van der Waals surface area contributed by atoms with E-state index in [2.05, 4.69) is 37.2 Å². The van der Waals surface area contributed by atoms with Gasteiger partial charge in [0, 0.05) is 5.56 Å². The number of aromatic nitrogens is 2. The number of rotatable bonds is 2. The standard InChI is InChI=1S/C15H12BrN3O2/c16-15-3-1-2-10(17-15)12-7-11(18-19-12)9-4-5-13-14(6-9)21-8-20-13/h1,3-7,10H,2,8H2,(H,18,19). The van der Waals surface area contributed by atoms with Crippen molar-refractivity contribution in [3.8, 4) is 22.8 Å². The third kappa shape index (κ3) is 2.35. The predicted molar refractivity (Wildman–Crippen MR) is 83.0 cm³/mol. The number of nitrogens with one attached hydrogen (secondary N) is 1. The van der Waals surface area contributed by atoms with E-state index in [0.717, 1.165) is 39.5 Å². The molecule has 1 unspecified atom stereocenters. The third-order valence-electron chi connectivity index (χ3n) is 3.52. The molecule has 1 N–H and O–H groups in total. The van der Waals surface area contributed by atoms with Crippen LogP contribution in [0.1, 0.15) is 18.2 Å². The summed E-state index contributed by atoms with van der Waals surface area (Å²) in [6.07, 6.45) is 4.94. The number of allylic oxidation sites excluding steroid dienone is 1. The summed E-state index contributed by atoms with van der Waals surface area (Å²) in [7, 11) is 0. The normalized spacial score (nSPS) is 19.7. The molecule has 0 amide bonds. The number of ether oxygens (including phenoxy) is 2. The summed E-state index contributed by atoms with van der Waals surface area (Å²) in [5, 5.41) is 7.46. The van der Waals surface area contributed by atoms with Crippen LogP contribution in [0.15, 0.2) is 41.4 Å². The van der Waals surface area contributed by atoms with Crippen LogP contribution in [0.3, 0.4) is 0 Å². The first kappa shape index (κ1) is 12.6. The second-order valence-electron chi connectivity index (χ2n) is 4.88. The van der Waals surface area contributed by atoms with Gasteiger partial charge in [-0.25, -0.2) is 0 Å². The van der Waals surface area contributed by atoms with Crippen molar-refractivity contribution in [3.05, 3.63) is 42.1 Å². The fourth-order valence-corrected chi connectivity index (χ4v) is 2.88. The van der Waals surface area contributed by atoms with Crippen LogP contribution in [0.5, 0.6) is 11.5 Å². The van der Waals surface area contributed by atoms with Crippen molar-refractivity contribution in [2.45, 2.75) is 12.5 Å². The maximum absolute atomic E-state index is 5.40. The summed E-state index contributed by atoms with van der Waals surface area (Å²) in [6, 6.07) is 7.95. The first-order valence-corrected chi connectivity index (χ1v) is 7.44. The quantitative estimate of drug-likeness (QED) is 0.904. The molecule has 1 aromatic carbocycles. The van der Waals surface area contributed by atoms with Crippen molar-refractivity contribution in [2.75, 3.05) is 6.79 Å². The fraction of sp³-hybridized carbons (Fsp3) is 0.200. The summed E-state index contributed by atoms with van der Waals surface area (Å²) >= 11 is 3.41. The molecule has 3 heterocycles. The van der Waals surface area contributed by atoms with Crippen molar-refractivity contribution in [1.29, 1.82) is 0 Å². The van der Waals surface area contributed by atoms with Gasteiger partial charge >= 0.3 is 0 Å². The summed E-state index contributed by atoms with van der Waals surface area (Å²) in [6.45, 7) is 0.280. The van der Waals surface area contributed by atoms with Gasteiger partial charge in [0.05, 0.1) is 17.4 Å². The first-order valence-electron chi connectivity index (χ1n) is 6.65. The van der Waals surface area contributed by atoms with Crippen molar-refractivity contribution >= 4 is 20.6 Å². The molecule has 0 bridgehead atoms. The van der Waals surface area contributed by atoms with Gasteiger partial charge < -0.3 is 9.47 Å². The number of halogens is 1. The Kier molecular flexibility index (Phi) is 3.03. The van der Waals surface area contributed by atoms with Crippen molar-refractivity contribution in [2.24, 2.45) is 4.99 Å². The zero-order valence-corrected chi connectivity index (χ0v) is 12.6. The predicted octanol–water partition coefficient (Wildman–Crippen LogP) is 3.60. The number of dihydropyridines is 1. The van der Waals surface area contributed by atoms with Gasteiger partial charge in [0.1, 0.15) is 4.62 Å². The average molecular weight is 346 g/mol. The molecule has 0 spiro atoms. The molecule has 2 aliphatic heterocycles. The number of H-pyrrole nitrogens is 1. The van der Waals surface area contributed by atoms with Gasteiger partial charge in [-0.15, -0.1) is 0 Å². The average Bonchev–Trinajstić information content (AvgIpc) is 3.15. The lowest BCUT2D eigenvalue weighted by Crippen LogP contribution is -2.01. The number of aromatic amines is 1. The van der Waals surface area contributed by atoms with Crippen molar-refractivity contribution < 1.29 is 9.47 Å². The van der Waals surface area contributed by atoms with Crippen LogP contribution >= 0.6 is 15.9 Å². The minimum absolute atomic E-state index is 0.0830. The van der Waals surface area contributed by atoms with Crippen molar-refractivity contribution in [1.82, 2.24) is 10.2 Å². The fourth-order valence-electron chi connectivity index (χ4n) is 2.45. The topological polar surface area (TPSA) is 59.5 Å². The molecule has 2 aliphatic rings. The smallest absolute Gasteiger partial charge is 0.231 e. The molecule has 6 heteroatoms. The van der Waals surface area contributed by atoms with E-state index in [0.29, 0.717) is 0 Å². The Morgan fingerprint density at radius 1 is 1.19 bits per heavy atom. The Labute approximate surface area is 129 Å². The minimum atomic E-state index is 0.0830. The van der Waals surface area contributed by atoms with Gasteiger partial charge in [0.2, 0.25) is 6.79 Å². The molecule has 0 saturated heterocycles. The monoisotopic (exact) mass is 345 g/mol. The number of benzene rings is 1. The largest absolute Gasteiger partial charge is 0.454 e. The van der Waals surface area contributed by atoms with Crippen LogP contribution in [0.4, 0.5) is 0 Å². The van der Waals surface area contributed by atoms with Crippen LogP contribution in [0.25, 0.3) is 11.3 Å². The second-order valence-corrected chi connectivity index (χ2v) is 5.69. The molecule has 0 aliphatic carbocycles. The van der Waals surface area contributed by atoms with Gasteiger partial charge in [-0.2, -0.15) is 5.10 Å². The highest BCUT2D eigenvalue weighted by molar-refractivity contribution is 9.18. The lowest BCUT2D eigenvalue weighted by molar-refractivity contribution is 0.174. The molecule has 4 rings (SSSR count).